The van der Waals surface area contributed by atoms with Crippen LogP contribution in [0.1, 0.15) is 18.4 Å². The monoisotopic (exact) mass is 531 g/mol. The maximum Gasteiger partial charge on any atom is 0.218 e. The molecule has 2 aromatic heterocycles. The second kappa shape index (κ2) is 12.9. The molecule has 3 heterocycles. The normalized spacial score (nSPS) is 15.0. The van der Waals surface area contributed by atoms with E-state index < -0.39 is 0 Å². The highest BCUT2D eigenvalue weighted by atomic mass is 127. The number of nitrogens with one attached hydrogen (secondary N) is 2. The molecule has 0 atom stereocenters. The molecule has 160 valence electrons. The van der Waals surface area contributed by atoms with Gasteiger partial charge in [0.15, 0.2) is 5.96 Å². The molecule has 0 saturated carbocycles. The number of halogens is 1. The van der Waals surface area contributed by atoms with E-state index in [0.29, 0.717) is 31.7 Å². The first-order valence-electron chi connectivity index (χ1n) is 9.61. The largest absolute Gasteiger partial charge is 0.475 e. The maximum atomic E-state index is 5.70. The van der Waals surface area contributed by atoms with Crippen molar-refractivity contribution < 1.29 is 9.47 Å². The van der Waals surface area contributed by atoms with Crippen molar-refractivity contribution in [3.8, 4) is 5.88 Å². The van der Waals surface area contributed by atoms with Crippen molar-refractivity contribution >= 4 is 46.3 Å². The highest BCUT2D eigenvalue weighted by molar-refractivity contribution is 14.0. The standard InChI is InChI=1S/C20H29N5O2S.HI/c1-21-20(23-15-16-5-3-9-22-19(16)27-13-12-26-2)24-17-7-10-25(11-8-17)18-6-4-14-28-18;/h3-6,9,14,17H,7-8,10-13,15H2,1-2H3,(H2,21,23,24);1H. The lowest BCUT2D eigenvalue weighted by atomic mass is 10.1. The Hall–Kier alpha value is -1.59. The first-order chi connectivity index (χ1) is 13.8. The quantitative estimate of drug-likeness (QED) is 0.236. The molecule has 0 amide bonds. The van der Waals surface area contributed by atoms with E-state index >= 15 is 0 Å². The number of hydrogen-bond acceptors (Lipinski definition) is 6. The van der Waals surface area contributed by atoms with E-state index in [2.05, 4.69) is 43.0 Å². The molecule has 7 nitrogen and oxygen atoms in total. The van der Waals surface area contributed by atoms with E-state index in [4.69, 9.17) is 9.47 Å². The van der Waals surface area contributed by atoms with Crippen molar-refractivity contribution in [2.24, 2.45) is 4.99 Å². The minimum absolute atomic E-state index is 0. The average molecular weight is 531 g/mol. The van der Waals surface area contributed by atoms with Crippen LogP contribution < -0.4 is 20.3 Å². The Morgan fingerprint density at radius 3 is 2.79 bits per heavy atom. The molecule has 0 unspecified atom stereocenters. The number of hydrogen-bond donors (Lipinski definition) is 2. The Kier molecular flexibility index (Phi) is 10.5. The van der Waals surface area contributed by atoms with Crippen molar-refractivity contribution in [1.29, 1.82) is 0 Å². The van der Waals surface area contributed by atoms with E-state index in [1.54, 1.807) is 31.7 Å². The zero-order chi connectivity index (χ0) is 19.6. The van der Waals surface area contributed by atoms with Crippen LogP contribution in [0.4, 0.5) is 5.00 Å². The second-order valence-corrected chi connectivity index (χ2v) is 7.52. The minimum Gasteiger partial charge on any atom is -0.475 e. The van der Waals surface area contributed by atoms with Crippen LogP contribution in [0.3, 0.4) is 0 Å². The Balaban J connectivity index is 0.00000300. The number of thiophene rings is 1. The number of aromatic nitrogens is 1. The molecule has 1 aliphatic rings. The van der Waals surface area contributed by atoms with Crippen LogP contribution in [0.2, 0.25) is 0 Å². The van der Waals surface area contributed by atoms with Crippen molar-refractivity contribution in [1.82, 2.24) is 15.6 Å². The summed E-state index contributed by atoms with van der Waals surface area (Å²) >= 11 is 1.81. The molecule has 9 heteroatoms. The van der Waals surface area contributed by atoms with Gasteiger partial charge in [-0.2, -0.15) is 0 Å². The average Bonchev–Trinajstić information content (AvgIpc) is 3.27. The summed E-state index contributed by atoms with van der Waals surface area (Å²) in [4.78, 5) is 11.1. The molecule has 0 radical (unpaired) electrons. The molecule has 0 bridgehead atoms. The van der Waals surface area contributed by atoms with Crippen LogP contribution >= 0.6 is 35.3 Å². The van der Waals surface area contributed by atoms with Gasteiger partial charge in [0.25, 0.3) is 0 Å². The number of guanidine groups is 1. The van der Waals surface area contributed by atoms with E-state index in [-0.39, 0.29) is 24.0 Å². The summed E-state index contributed by atoms with van der Waals surface area (Å²) in [5.41, 5.74) is 0.995. The molecule has 2 N–H and O–H groups in total. The third-order valence-electron chi connectivity index (χ3n) is 4.70. The molecule has 29 heavy (non-hydrogen) atoms. The Morgan fingerprint density at radius 2 is 2.10 bits per heavy atom. The number of nitrogens with zero attached hydrogens (tertiary/aromatic N) is 3. The number of anilines is 1. The highest BCUT2D eigenvalue weighted by Crippen LogP contribution is 2.24. The smallest absolute Gasteiger partial charge is 0.218 e. The molecule has 0 aromatic carbocycles. The maximum absolute atomic E-state index is 5.70. The van der Waals surface area contributed by atoms with E-state index in [1.165, 1.54) is 5.00 Å². The first-order valence-corrected chi connectivity index (χ1v) is 10.5. The summed E-state index contributed by atoms with van der Waals surface area (Å²) in [6.07, 6.45) is 3.92. The van der Waals surface area contributed by atoms with Crippen LogP contribution in [0.5, 0.6) is 5.88 Å². The van der Waals surface area contributed by atoms with Gasteiger partial charge in [0, 0.05) is 51.6 Å². The first kappa shape index (κ1) is 23.7. The summed E-state index contributed by atoms with van der Waals surface area (Å²) in [6.45, 7) is 3.75. The van der Waals surface area contributed by atoms with Crippen LogP contribution in [-0.4, -0.2) is 57.4 Å². The van der Waals surface area contributed by atoms with Gasteiger partial charge in [-0.1, -0.05) is 6.07 Å². The van der Waals surface area contributed by atoms with Crippen molar-refractivity contribution in [3.05, 3.63) is 41.4 Å². The lowest BCUT2D eigenvalue weighted by Gasteiger charge is -2.33. The number of methoxy groups -OCH3 is 1. The summed E-state index contributed by atoms with van der Waals surface area (Å²) in [7, 11) is 3.46. The van der Waals surface area contributed by atoms with Gasteiger partial charge in [-0.15, -0.1) is 35.3 Å². The van der Waals surface area contributed by atoms with Gasteiger partial charge in [0.1, 0.15) is 6.61 Å². The number of piperidine rings is 1. The Bertz CT molecular complexity index is 736. The van der Waals surface area contributed by atoms with Crippen LogP contribution in [0.15, 0.2) is 40.8 Å². The summed E-state index contributed by atoms with van der Waals surface area (Å²) in [5, 5.41) is 10.4. The van der Waals surface area contributed by atoms with E-state index in [0.717, 1.165) is 37.5 Å². The Morgan fingerprint density at radius 1 is 1.28 bits per heavy atom. The molecule has 2 aromatic rings. The van der Waals surface area contributed by atoms with Crippen LogP contribution in [0.25, 0.3) is 0 Å². The number of rotatable bonds is 8. The lowest BCUT2D eigenvalue weighted by Crippen LogP contribution is -2.48. The number of aliphatic imine (C=N–C) groups is 1. The third-order valence-corrected chi connectivity index (χ3v) is 5.63. The van der Waals surface area contributed by atoms with Gasteiger partial charge in [0.05, 0.1) is 11.6 Å². The van der Waals surface area contributed by atoms with Gasteiger partial charge < -0.3 is 25.0 Å². The SMILES string of the molecule is CN=C(NCc1cccnc1OCCOC)NC1CCN(c2cccs2)CC1.I. The Labute approximate surface area is 193 Å². The van der Waals surface area contributed by atoms with Gasteiger partial charge >= 0.3 is 0 Å². The molecule has 1 aliphatic heterocycles. The van der Waals surface area contributed by atoms with Gasteiger partial charge in [-0.3, -0.25) is 4.99 Å². The molecular formula is C20H30IN5O2S. The predicted octanol–water partition coefficient (Wildman–Crippen LogP) is 3.12. The van der Waals surface area contributed by atoms with Crippen molar-refractivity contribution in [2.45, 2.75) is 25.4 Å². The van der Waals surface area contributed by atoms with Crippen LogP contribution in [0, 0.1) is 0 Å². The molecule has 0 spiro atoms. The lowest BCUT2D eigenvalue weighted by molar-refractivity contribution is 0.143. The molecule has 0 aliphatic carbocycles. The number of pyridine rings is 1. The molecular weight excluding hydrogens is 501 g/mol. The van der Waals surface area contributed by atoms with Gasteiger partial charge in [-0.05, 0) is 36.4 Å². The summed E-state index contributed by atoms with van der Waals surface area (Å²) in [6, 6.07) is 8.65. The zero-order valence-electron chi connectivity index (χ0n) is 17.0. The van der Waals surface area contributed by atoms with Crippen molar-refractivity contribution in [3.63, 3.8) is 0 Å². The van der Waals surface area contributed by atoms with Crippen LogP contribution in [-0.2, 0) is 11.3 Å². The fraction of sp³-hybridized carbons (Fsp3) is 0.500. The predicted molar refractivity (Wildman–Crippen MR) is 130 cm³/mol. The van der Waals surface area contributed by atoms with Gasteiger partial charge in [-0.25, -0.2) is 4.98 Å². The summed E-state index contributed by atoms with van der Waals surface area (Å²) < 4.78 is 10.7. The minimum atomic E-state index is 0. The molecule has 3 rings (SSSR count). The highest BCUT2D eigenvalue weighted by Gasteiger charge is 2.20. The van der Waals surface area contributed by atoms with E-state index in [9.17, 15) is 0 Å². The number of ether oxygens (including phenoxy) is 2. The molecule has 1 saturated heterocycles. The fourth-order valence-corrected chi connectivity index (χ4v) is 3.96. The van der Waals surface area contributed by atoms with Crippen molar-refractivity contribution in [2.75, 3.05) is 45.4 Å². The third kappa shape index (κ3) is 7.31. The van der Waals surface area contributed by atoms with Gasteiger partial charge in [0.2, 0.25) is 5.88 Å². The molecule has 1 fully saturated rings. The topological polar surface area (TPSA) is 71.0 Å². The zero-order valence-corrected chi connectivity index (χ0v) is 20.1. The summed E-state index contributed by atoms with van der Waals surface area (Å²) in [5.74, 6) is 1.44. The second-order valence-electron chi connectivity index (χ2n) is 6.59. The van der Waals surface area contributed by atoms with E-state index in [1.807, 2.05) is 12.1 Å². The fourth-order valence-electron chi connectivity index (χ4n) is 3.17.